The smallest absolute Gasteiger partial charge is 0.275 e. The third-order valence-electron chi connectivity index (χ3n) is 5.68. The Morgan fingerprint density at radius 3 is 2.61 bits per heavy atom. The zero-order chi connectivity index (χ0) is 22.9. The van der Waals surface area contributed by atoms with E-state index in [4.69, 9.17) is 16.6 Å². The van der Waals surface area contributed by atoms with E-state index in [1.165, 1.54) is 15.9 Å². The third-order valence-corrected chi connectivity index (χ3v) is 6.87. The molecule has 0 saturated carbocycles. The minimum atomic E-state index is -0.181. The van der Waals surface area contributed by atoms with Gasteiger partial charge in [0.05, 0.1) is 5.69 Å². The lowest BCUT2D eigenvalue weighted by molar-refractivity contribution is 0.0627. The van der Waals surface area contributed by atoms with E-state index in [-0.39, 0.29) is 11.5 Å². The molecule has 4 aromatic rings. The van der Waals surface area contributed by atoms with E-state index in [0.717, 1.165) is 16.1 Å². The van der Waals surface area contributed by atoms with Gasteiger partial charge in [-0.05, 0) is 31.2 Å². The second-order valence-electron chi connectivity index (χ2n) is 8.14. The second kappa shape index (κ2) is 9.05. The van der Waals surface area contributed by atoms with Crippen LogP contribution in [0.15, 0.2) is 59.4 Å². The summed E-state index contributed by atoms with van der Waals surface area (Å²) in [5.41, 5.74) is 3.26. The number of hydrogen-bond acceptors (Lipinski definition) is 6. The number of benzene rings is 2. The highest BCUT2D eigenvalue weighted by molar-refractivity contribution is 7.19. The highest BCUT2D eigenvalue weighted by atomic mass is 35.5. The minimum Gasteiger partial charge on any atom is -0.336 e. The SMILES string of the molecule is Cc1cccc(-c2nn3c(=O)cc(CN4CCN(C(=O)c5cccc(Cl)c5)CC4)nc3s2)c1. The molecule has 1 aliphatic rings. The van der Waals surface area contributed by atoms with Gasteiger partial charge in [-0.15, -0.1) is 0 Å². The monoisotopic (exact) mass is 479 g/mol. The molecule has 3 heterocycles. The molecule has 7 nitrogen and oxygen atoms in total. The Kier molecular flexibility index (Phi) is 5.97. The Balaban J connectivity index is 1.28. The second-order valence-corrected chi connectivity index (χ2v) is 9.53. The Hall–Kier alpha value is -3.07. The largest absolute Gasteiger partial charge is 0.336 e. The molecule has 5 rings (SSSR count). The van der Waals surface area contributed by atoms with Crippen LogP contribution in [-0.2, 0) is 6.54 Å². The number of piperazine rings is 1. The van der Waals surface area contributed by atoms with Gasteiger partial charge in [-0.2, -0.15) is 9.61 Å². The first-order valence-corrected chi connectivity index (χ1v) is 11.9. The van der Waals surface area contributed by atoms with Gasteiger partial charge < -0.3 is 4.90 Å². The Bertz CT molecular complexity index is 1390. The molecule has 33 heavy (non-hydrogen) atoms. The molecule has 0 spiro atoms. The van der Waals surface area contributed by atoms with Crippen LogP contribution < -0.4 is 5.56 Å². The summed E-state index contributed by atoms with van der Waals surface area (Å²) >= 11 is 7.43. The summed E-state index contributed by atoms with van der Waals surface area (Å²) in [5.74, 6) is -0.0109. The van der Waals surface area contributed by atoms with Crippen LogP contribution in [0.25, 0.3) is 15.5 Å². The van der Waals surface area contributed by atoms with Crippen LogP contribution in [0.4, 0.5) is 0 Å². The zero-order valence-electron chi connectivity index (χ0n) is 18.1. The first kappa shape index (κ1) is 21.8. The van der Waals surface area contributed by atoms with Gasteiger partial charge in [0.15, 0.2) is 0 Å². The lowest BCUT2D eigenvalue weighted by Gasteiger charge is -2.34. The summed E-state index contributed by atoms with van der Waals surface area (Å²) in [6.07, 6.45) is 0. The number of carbonyl (C=O) groups is 1. The number of aryl methyl sites for hydroxylation is 1. The molecule has 0 bridgehead atoms. The topological polar surface area (TPSA) is 70.8 Å². The fourth-order valence-corrected chi connectivity index (χ4v) is 5.08. The number of nitrogens with zero attached hydrogens (tertiary/aromatic N) is 5. The summed E-state index contributed by atoms with van der Waals surface area (Å²) in [4.78, 5) is 34.7. The minimum absolute atomic E-state index is 0.0109. The summed E-state index contributed by atoms with van der Waals surface area (Å²) in [7, 11) is 0. The van der Waals surface area contributed by atoms with Gasteiger partial charge in [-0.3, -0.25) is 14.5 Å². The first-order chi connectivity index (χ1) is 16.0. The molecule has 0 unspecified atom stereocenters. The van der Waals surface area contributed by atoms with Crippen LogP contribution in [0.2, 0.25) is 5.02 Å². The molecule has 0 aliphatic carbocycles. The van der Waals surface area contributed by atoms with Crippen LogP contribution in [0.3, 0.4) is 0 Å². The molecule has 0 N–H and O–H groups in total. The summed E-state index contributed by atoms with van der Waals surface area (Å²) in [5, 5.41) is 5.80. The van der Waals surface area contributed by atoms with Crippen molar-refractivity contribution in [3.63, 3.8) is 0 Å². The molecular weight excluding hydrogens is 458 g/mol. The number of halogens is 1. The van der Waals surface area contributed by atoms with Crippen molar-refractivity contribution in [1.82, 2.24) is 24.4 Å². The standard InChI is InChI=1S/C24H22ClN5O2S/c1-16-4-2-5-17(12-16)22-27-30-21(31)14-20(26-24(30)33-22)15-28-8-10-29(11-9-28)23(32)18-6-3-7-19(25)13-18/h2-7,12-14H,8-11,15H2,1H3. The van der Waals surface area contributed by atoms with Crippen molar-refractivity contribution in [2.75, 3.05) is 26.2 Å². The number of aromatic nitrogens is 3. The maximum atomic E-state index is 12.7. The molecule has 2 aromatic heterocycles. The molecule has 9 heteroatoms. The fraction of sp³-hybridized carbons (Fsp3) is 0.250. The predicted molar refractivity (Wildman–Crippen MR) is 130 cm³/mol. The van der Waals surface area contributed by atoms with Crippen molar-refractivity contribution in [3.05, 3.63) is 86.8 Å². The summed E-state index contributed by atoms with van der Waals surface area (Å²) in [6.45, 7) is 5.24. The molecule has 0 radical (unpaired) electrons. The normalized spacial score (nSPS) is 14.7. The molecule has 1 fully saturated rings. The van der Waals surface area contributed by atoms with Gasteiger partial charge in [-0.25, -0.2) is 4.98 Å². The predicted octanol–water partition coefficient (Wildman–Crippen LogP) is 3.74. The van der Waals surface area contributed by atoms with Gasteiger partial charge in [0.2, 0.25) is 4.96 Å². The average molecular weight is 480 g/mol. The van der Waals surface area contributed by atoms with Crippen molar-refractivity contribution >= 4 is 33.8 Å². The maximum Gasteiger partial charge on any atom is 0.275 e. The van der Waals surface area contributed by atoms with Gasteiger partial charge >= 0.3 is 0 Å². The van der Waals surface area contributed by atoms with Crippen LogP contribution in [0.1, 0.15) is 21.6 Å². The van der Waals surface area contributed by atoms with E-state index in [1.54, 1.807) is 30.3 Å². The maximum absolute atomic E-state index is 12.7. The summed E-state index contributed by atoms with van der Waals surface area (Å²) < 4.78 is 1.37. The van der Waals surface area contributed by atoms with Gasteiger partial charge in [0.25, 0.3) is 11.5 Å². The Morgan fingerprint density at radius 2 is 1.85 bits per heavy atom. The average Bonchev–Trinajstić information content (AvgIpc) is 3.24. The van der Waals surface area contributed by atoms with E-state index in [2.05, 4.69) is 10.00 Å². The molecule has 2 aromatic carbocycles. The lowest BCUT2D eigenvalue weighted by Crippen LogP contribution is -2.48. The van der Waals surface area contributed by atoms with Crippen molar-refractivity contribution in [2.24, 2.45) is 0 Å². The molecule has 1 saturated heterocycles. The number of amides is 1. The molecule has 1 aliphatic heterocycles. The van der Waals surface area contributed by atoms with Crippen LogP contribution in [0, 0.1) is 6.92 Å². The van der Waals surface area contributed by atoms with Gasteiger partial charge in [0, 0.05) is 54.9 Å². The highest BCUT2D eigenvalue weighted by Gasteiger charge is 2.23. The number of fused-ring (bicyclic) bond motifs is 1. The van der Waals surface area contributed by atoms with Crippen molar-refractivity contribution in [2.45, 2.75) is 13.5 Å². The summed E-state index contributed by atoms with van der Waals surface area (Å²) in [6, 6.07) is 16.6. The Morgan fingerprint density at radius 1 is 1.06 bits per heavy atom. The lowest BCUT2D eigenvalue weighted by atomic mass is 10.1. The van der Waals surface area contributed by atoms with E-state index in [0.29, 0.717) is 54.0 Å². The highest BCUT2D eigenvalue weighted by Crippen LogP contribution is 2.25. The van der Waals surface area contributed by atoms with Crippen molar-refractivity contribution in [3.8, 4) is 10.6 Å². The zero-order valence-corrected chi connectivity index (χ0v) is 19.6. The quantitative estimate of drug-likeness (QED) is 0.446. The van der Waals surface area contributed by atoms with E-state index < -0.39 is 0 Å². The molecular formula is C24H22ClN5O2S. The number of rotatable bonds is 4. The van der Waals surface area contributed by atoms with E-state index >= 15 is 0 Å². The third kappa shape index (κ3) is 4.68. The van der Waals surface area contributed by atoms with Crippen molar-refractivity contribution in [1.29, 1.82) is 0 Å². The first-order valence-electron chi connectivity index (χ1n) is 10.7. The number of carbonyl (C=O) groups excluding carboxylic acids is 1. The number of hydrogen-bond donors (Lipinski definition) is 0. The van der Waals surface area contributed by atoms with E-state index in [9.17, 15) is 9.59 Å². The van der Waals surface area contributed by atoms with Gasteiger partial charge in [-0.1, -0.05) is 52.8 Å². The Labute approximate surface area is 199 Å². The van der Waals surface area contributed by atoms with Crippen LogP contribution in [0.5, 0.6) is 0 Å². The van der Waals surface area contributed by atoms with Crippen LogP contribution in [-0.4, -0.2) is 56.5 Å². The molecule has 1 amide bonds. The van der Waals surface area contributed by atoms with Gasteiger partial charge in [0.1, 0.15) is 5.01 Å². The molecule has 0 atom stereocenters. The van der Waals surface area contributed by atoms with Crippen LogP contribution >= 0.6 is 22.9 Å². The van der Waals surface area contributed by atoms with Crippen molar-refractivity contribution < 1.29 is 4.79 Å². The van der Waals surface area contributed by atoms with E-state index in [1.807, 2.05) is 36.1 Å². The molecule has 168 valence electrons. The fourth-order valence-electron chi connectivity index (χ4n) is 3.97.